The molecule has 29 heavy (non-hydrogen) atoms. The van der Waals surface area contributed by atoms with Gasteiger partial charge in [-0.15, -0.1) is 5.10 Å². The molecular formula is C20H15Cl2N5O2. The molecule has 0 aliphatic rings. The van der Waals surface area contributed by atoms with E-state index in [-0.39, 0.29) is 6.54 Å². The molecule has 0 saturated heterocycles. The van der Waals surface area contributed by atoms with Crippen LogP contribution in [0, 0.1) is 6.92 Å². The van der Waals surface area contributed by atoms with Crippen LogP contribution < -0.4 is 11.0 Å². The van der Waals surface area contributed by atoms with E-state index in [2.05, 4.69) is 15.4 Å². The summed E-state index contributed by atoms with van der Waals surface area (Å²) in [4.78, 5) is 29.8. The molecule has 0 radical (unpaired) electrons. The molecule has 0 aliphatic heterocycles. The Morgan fingerprint density at radius 3 is 2.55 bits per heavy atom. The average molecular weight is 428 g/mol. The lowest BCUT2D eigenvalue weighted by Gasteiger charge is -2.05. The molecule has 1 amide bonds. The van der Waals surface area contributed by atoms with Crippen molar-refractivity contribution >= 4 is 40.4 Å². The Kier molecular flexibility index (Phi) is 5.08. The van der Waals surface area contributed by atoms with Crippen LogP contribution in [0.2, 0.25) is 10.0 Å². The molecule has 0 fully saturated rings. The number of halogens is 2. The number of aromatic nitrogens is 4. The molecule has 146 valence electrons. The summed E-state index contributed by atoms with van der Waals surface area (Å²) in [6.07, 6.45) is 0. The van der Waals surface area contributed by atoms with E-state index in [1.54, 1.807) is 54.6 Å². The molecule has 2 aromatic carbocycles. The summed E-state index contributed by atoms with van der Waals surface area (Å²) in [5.41, 5.74) is 1.90. The van der Waals surface area contributed by atoms with Crippen LogP contribution in [0.5, 0.6) is 0 Å². The van der Waals surface area contributed by atoms with Crippen LogP contribution in [-0.4, -0.2) is 25.1 Å². The van der Waals surface area contributed by atoms with Gasteiger partial charge >= 0.3 is 5.69 Å². The van der Waals surface area contributed by atoms with E-state index in [0.29, 0.717) is 38.5 Å². The van der Waals surface area contributed by atoms with Crippen molar-refractivity contribution in [2.75, 3.05) is 5.32 Å². The van der Waals surface area contributed by atoms with E-state index in [1.807, 2.05) is 6.92 Å². The van der Waals surface area contributed by atoms with Gasteiger partial charge in [-0.3, -0.25) is 4.79 Å². The third kappa shape index (κ3) is 4.01. The summed E-state index contributed by atoms with van der Waals surface area (Å²) in [5.74, 6) is 0.0404. The van der Waals surface area contributed by atoms with Crippen LogP contribution in [0.3, 0.4) is 0 Å². The van der Waals surface area contributed by atoms with Gasteiger partial charge in [0, 0.05) is 33.1 Å². The number of nitrogens with zero attached hydrogens (tertiary/aromatic N) is 4. The zero-order valence-electron chi connectivity index (χ0n) is 15.3. The maximum atomic E-state index is 12.9. The van der Waals surface area contributed by atoms with Gasteiger partial charge in [-0.25, -0.2) is 18.9 Å². The van der Waals surface area contributed by atoms with Crippen LogP contribution in [0.4, 0.5) is 5.69 Å². The molecule has 0 spiro atoms. The van der Waals surface area contributed by atoms with Crippen molar-refractivity contribution in [3.63, 3.8) is 0 Å². The van der Waals surface area contributed by atoms with E-state index < -0.39 is 11.6 Å². The molecule has 9 heteroatoms. The van der Waals surface area contributed by atoms with E-state index in [9.17, 15) is 9.59 Å². The topological polar surface area (TPSA) is 81.3 Å². The van der Waals surface area contributed by atoms with E-state index >= 15 is 0 Å². The molecule has 0 unspecified atom stereocenters. The summed E-state index contributed by atoms with van der Waals surface area (Å²) in [6.45, 7) is 1.57. The van der Waals surface area contributed by atoms with Gasteiger partial charge in [0.2, 0.25) is 5.91 Å². The first-order chi connectivity index (χ1) is 13.9. The highest BCUT2D eigenvalue weighted by molar-refractivity contribution is 6.31. The van der Waals surface area contributed by atoms with E-state index in [1.165, 1.54) is 4.40 Å². The predicted molar refractivity (Wildman–Crippen MR) is 113 cm³/mol. The largest absolute Gasteiger partial charge is 0.352 e. The quantitative estimate of drug-likeness (QED) is 0.536. The maximum absolute atomic E-state index is 12.9. The number of carbonyl (C=O) groups is 1. The summed E-state index contributed by atoms with van der Waals surface area (Å²) in [6, 6.07) is 15.4. The number of nitrogens with one attached hydrogen (secondary N) is 1. The van der Waals surface area contributed by atoms with Gasteiger partial charge in [-0.2, -0.15) is 0 Å². The first-order valence-corrected chi connectivity index (χ1v) is 9.45. The first kappa shape index (κ1) is 19.2. The summed E-state index contributed by atoms with van der Waals surface area (Å²) >= 11 is 11.9. The van der Waals surface area contributed by atoms with Crippen LogP contribution in [0.1, 0.15) is 5.69 Å². The van der Waals surface area contributed by atoms with Crippen molar-refractivity contribution in [1.82, 2.24) is 19.2 Å². The van der Waals surface area contributed by atoms with Crippen molar-refractivity contribution in [2.24, 2.45) is 0 Å². The molecule has 0 saturated carbocycles. The Bertz CT molecular complexity index is 1280. The normalized spacial score (nSPS) is 11.0. The van der Waals surface area contributed by atoms with Crippen molar-refractivity contribution < 1.29 is 4.79 Å². The molecule has 0 aliphatic carbocycles. The van der Waals surface area contributed by atoms with Crippen LogP contribution in [0.25, 0.3) is 17.0 Å². The van der Waals surface area contributed by atoms with Gasteiger partial charge in [-0.1, -0.05) is 29.3 Å². The van der Waals surface area contributed by atoms with Gasteiger partial charge in [0.25, 0.3) is 0 Å². The van der Waals surface area contributed by atoms with Crippen molar-refractivity contribution in [1.29, 1.82) is 0 Å². The third-order valence-corrected chi connectivity index (χ3v) is 4.69. The Morgan fingerprint density at radius 1 is 1.07 bits per heavy atom. The summed E-state index contributed by atoms with van der Waals surface area (Å²) in [7, 11) is 0. The monoisotopic (exact) mass is 427 g/mol. The Labute approximate surface area is 175 Å². The highest BCUT2D eigenvalue weighted by atomic mass is 35.5. The second-order valence-electron chi connectivity index (χ2n) is 6.42. The molecule has 0 atom stereocenters. The number of fused-ring (bicyclic) bond motifs is 1. The Balaban J connectivity index is 1.70. The molecule has 7 nitrogen and oxygen atoms in total. The van der Waals surface area contributed by atoms with Gasteiger partial charge in [0.1, 0.15) is 12.4 Å². The highest BCUT2D eigenvalue weighted by Crippen LogP contribution is 2.20. The fourth-order valence-corrected chi connectivity index (χ4v) is 3.27. The molecule has 4 aromatic rings. The van der Waals surface area contributed by atoms with Gasteiger partial charge < -0.3 is 5.32 Å². The van der Waals surface area contributed by atoms with Crippen molar-refractivity contribution in [3.05, 3.63) is 80.8 Å². The number of rotatable bonds is 4. The van der Waals surface area contributed by atoms with Crippen LogP contribution in [0.15, 0.2) is 59.4 Å². The number of amides is 1. The maximum Gasteiger partial charge on any atom is 0.352 e. The summed E-state index contributed by atoms with van der Waals surface area (Å²) < 4.78 is 2.48. The highest BCUT2D eigenvalue weighted by Gasteiger charge is 2.16. The molecule has 0 bridgehead atoms. The average Bonchev–Trinajstić information content (AvgIpc) is 2.97. The zero-order chi connectivity index (χ0) is 20.5. The third-order valence-electron chi connectivity index (χ3n) is 4.20. The van der Waals surface area contributed by atoms with Crippen molar-refractivity contribution in [2.45, 2.75) is 13.5 Å². The van der Waals surface area contributed by atoms with E-state index in [0.717, 1.165) is 4.68 Å². The first-order valence-electron chi connectivity index (χ1n) is 8.69. The zero-order valence-corrected chi connectivity index (χ0v) is 16.8. The Morgan fingerprint density at radius 2 is 1.83 bits per heavy atom. The number of anilines is 1. The SMILES string of the molecule is Cc1cc2nn(CC(=O)Nc3cccc(Cl)c3)c(=O)n2c(-c2ccc(Cl)cc2)n1. The van der Waals surface area contributed by atoms with Gasteiger partial charge in [0.15, 0.2) is 5.65 Å². The standard InChI is InChI=1S/C20H15Cl2N5O2/c1-12-9-17-25-26(11-18(28)24-16-4-2-3-15(22)10-16)20(29)27(17)19(23-12)13-5-7-14(21)8-6-13/h2-10H,11H2,1H3,(H,24,28). The molecule has 2 aromatic heterocycles. The summed E-state index contributed by atoms with van der Waals surface area (Å²) in [5, 5.41) is 8.08. The second-order valence-corrected chi connectivity index (χ2v) is 7.29. The van der Waals surface area contributed by atoms with Crippen LogP contribution in [-0.2, 0) is 11.3 Å². The van der Waals surface area contributed by atoms with Crippen LogP contribution >= 0.6 is 23.2 Å². The number of hydrogen-bond acceptors (Lipinski definition) is 4. The van der Waals surface area contributed by atoms with E-state index in [4.69, 9.17) is 23.2 Å². The fourth-order valence-electron chi connectivity index (χ4n) is 2.95. The van der Waals surface area contributed by atoms with Gasteiger partial charge in [-0.05, 0) is 49.4 Å². The smallest absolute Gasteiger partial charge is 0.324 e. The molecule has 2 heterocycles. The number of hydrogen-bond donors (Lipinski definition) is 1. The minimum Gasteiger partial charge on any atom is -0.324 e. The minimum absolute atomic E-state index is 0.244. The second kappa shape index (κ2) is 7.69. The number of benzene rings is 2. The molecule has 4 rings (SSSR count). The lowest BCUT2D eigenvalue weighted by atomic mass is 10.2. The molecule has 1 N–H and O–H groups in total. The Hall–Kier alpha value is -3.16. The minimum atomic E-state index is -0.460. The lowest BCUT2D eigenvalue weighted by molar-refractivity contribution is -0.117. The molecular weight excluding hydrogens is 413 g/mol. The number of aryl methyl sites for hydroxylation is 1. The van der Waals surface area contributed by atoms with Crippen molar-refractivity contribution in [3.8, 4) is 11.4 Å². The number of carbonyl (C=O) groups excluding carboxylic acids is 1. The lowest BCUT2D eigenvalue weighted by Crippen LogP contribution is -2.28. The fraction of sp³-hybridized carbons (Fsp3) is 0.100. The van der Waals surface area contributed by atoms with Gasteiger partial charge in [0.05, 0.1) is 0 Å². The predicted octanol–water partition coefficient (Wildman–Crippen LogP) is 3.81.